The minimum atomic E-state index is -0.180. The minimum Gasteiger partial charge on any atom is -0.313 e. The van der Waals surface area contributed by atoms with Gasteiger partial charge in [-0.05, 0) is 37.6 Å². The number of nitrogens with one attached hydrogen (secondary N) is 1. The molecule has 1 aromatic carbocycles. The summed E-state index contributed by atoms with van der Waals surface area (Å²) in [5.41, 5.74) is 2.34. The maximum atomic E-state index is 12.3. The van der Waals surface area contributed by atoms with Crippen molar-refractivity contribution >= 4 is 27.7 Å². The highest BCUT2D eigenvalue weighted by Gasteiger charge is 2.35. The Kier molecular flexibility index (Phi) is 3.72. The van der Waals surface area contributed by atoms with Crippen molar-refractivity contribution < 1.29 is 9.59 Å². The average molecular weight is 335 g/mol. The predicted molar refractivity (Wildman–Crippen MR) is 79.7 cm³/mol. The van der Waals surface area contributed by atoms with Gasteiger partial charge in [-0.25, -0.2) is 0 Å². The fraction of sp³-hybridized carbons (Fsp3) is 0.333. The van der Waals surface area contributed by atoms with Crippen LogP contribution in [0.1, 0.15) is 33.6 Å². The van der Waals surface area contributed by atoms with Crippen molar-refractivity contribution in [1.29, 1.82) is 0 Å². The number of imide groups is 1. The molecule has 5 heteroatoms. The smallest absolute Gasteiger partial charge is 0.261 e. The van der Waals surface area contributed by atoms with E-state index in [0.29, 0.717) is 17.7 Å². The van der Waals surface area contributed by atoms with Gasteiger partial charge in [-0.1, -0.05) is 27.6 Å². The predicted octanol–water partition coefficient (Wildman–Crippen LogP) is 2.35. The Labute approximate surface area is 126 Å². The molecule has 0 unspecified atom stereocenters. The molecule has 1 aromatic rings. The molecule has 3 rings (SSSR count). The van der Waals surface area contributed by atoms with Crippen molar-refractivity contribution in [3.05, 3.63) is 45.4 Å². The number of rotatable bonds is 3. The average Bonchev–Trinajstić information content (AvgIpc) is 2.70. The third kappa shape index (κ3) is 2.43. The molecule has 2 amide bonds. The molecule has 0 fully saturated rings. The van der Waals surface area contributed by atoms with Gasteiger partial charge in [0.25, 0.3) is 11.8 Å². The first kappa shape index (κ1) is 13.5. The Morgan fingerprint density at radius 2 is 2.00 bits per heavy atom. The van der Waals surface area contributed by atoms with E-state index in [2.05, 4.69) is 27.3 Å². The van der Waals surface area contributed by atoms with E-state index < -0.39 is 0 Å². The van der Waals surface area contributed by atoms with Crippen molar-refractivity contribution in [2.45, 2.75) is 12.8 Å². The van der Waals surface area contributed by atoms with E-state index in [1.807, 2.05) is 0 Å². The van der Waals surface area contributed by atoms with E-state index in [1.54, 1.807) is 18.2 Å². The summed E-state index contributed by atoms with van der Waals surface area (Å²) >= 11 is 3.34. The van der Waals surface area contributed by atoms with E-state index >= 15 is 0 Å². The number of fused-ring (bicyclic) bond motifs is 1. The van der Waals surface area contributed by atoms with Crippen molar-refractivity contribution in [1.82, 2.24) is 10.2 Å². The number of halogens is 1. The van der Waals surface area contributed by atoms with Gasteiger partial charge in [-0.2, -0.15) is 0 Å². The van der Waals surface area contributed by atoms with Crippen LogP contribution in [-0.2, 0) is 0 Å². The molecule has 2 heterocycles. The Bertz CT molecular complexity index is 610. The van der Waals surface area contributed by atoms with Crippen LogP contribution in [0.4, 0.5) is 0 Å². The number of hydrogen-bond acceptors (Lipinski definition) is 3. The van der Waals surface area contributed by atoms with Gasteiger partial charge in [0, 0.05) is 17.6 Å². The Hall–Kier alpha value is -1.46. The zero-order valence-electron chi connectivity index (χ0n) is 11.0. The lowest BCUT2D eigenvalue weighted by Crippen LogP contribution is -2.31. The lowest BCUT2D eigenvalue weighted by molar-refractivity contribution is 0.0656. The first-order valence-corrected chi connectivity index (χ1v) is 7.50. The highest BCUT2D eigenvalue weighted by atomic mass is 79.9. The molecule has 0 atom stereocenters. The molecule has 0 saturated carbocycles. The molecule has 0 bridgehead atoms. The zero-order chi connectivity index (χ0) is 14.1. The van der Waals surface area contributed by atoms with E-state index in [0.717, 1.165) is 30.4 Å². The van der Waals surface area contributed by atoms with Crippen LogP contribution in [0.2, 0.25) is 0 Å². The Morgan fingerprint density at radius 3 is 2.75 bits per heavy atom. The number of benzene rings is 1. The van der Waals surface area contributed by atoms with Gasteiger partial charge in [-0.15, -0.1) is 0 Å². The van der Waals surface area contributed by atoms with E-state index in [4.69, 9.17) is 0 Å². The lowest BCUT2D eigenvalue weighted by atomic mass is 10.1. The van der Waals surface area contributed by atoms with Gasteiger partial charge in [-0.3, -0.25) is 14.5 Å². The summed E-state index contributed by atoms with van der Waals surface area (Å²) in [5.74, 6) is -0.354. The molecule has 2 aliphatic heterocycles. The number of carbonyl (C=O) groups is 2. The van der Waals surface area contributed by atoms with Crippen molar-refractivity contribution in [2.75, 3.05) is 19.6 Å². The maximum absolute atomic E-state index is 12.3. The third-order valence-corrected chi connectivity index (χ3v) is 4.24. The lowest BCUT2D eigenvalue weighted by Gasteiger charge is -2.18. The normalized spacial score (nSPS) is 18.2. The Morgan fingerprint density at radius 1 is 1.20 bits per heavy atom. The molecule has 0 radical (unpaired) electrons. The molecule has 0 saturated heterocycles. The molecule has 1 N–H and O–H groups in total. The standard InChI is InChI=1S/C15H15BrN2O2/c16-11-1-2-12-13(9-11)15(20)18(14(12)19)8-5-10-3-6-17-7-4-10/h1-3,9,17H,4-8H2. The van der Waals surface area contributed by atoms with Crippen LogP contribution in [-0.4, -0.2) is 36.3 Å². The molecular formula is C15H15BrN2O2. The van der Waals surface area contributed by atoms with Gasteiger partial charge in [0.2, 0.25) is 0 Å². The summed E-state index contributed by atoms with van der Waals surface area (Å²) in [7, 11) is 0. The number of hydrogen-bond donors (Lipinski definition) is 1. The molecule has 20 heavy (non-hydrogen) atoms. The van der Waals surface area contributed by atoms with Gasteiger partial charge in [0.05, 0.1) is 11.1 Å². The SMILES string of the molecule is O=C1c2ccc(Br)cc2C(=O)N1CCC1=CCNCC1. The molecule has 4 nitrogen and oxygen atoms in total. The van der Waals surface area contributed by atoms with Crippen molar-refractivity contribution in [2.24, 2.45) is 0 Å². The second kappa shape index (κ2) is 5.50. The molecular weight excluding hydrogens is 320 g/mol. The first-order valence-electron chi connectivity index (χ1n) is 6.71. The highest BCUT2D eigenvalue weighted by molar-refractivity contribution is 9.10. The van der Waals surface area contributed by atoms with Crippen LogP contribution in [0.15, 0.2) is 34.3 Å². The fourth-order valence-corrected chi connectivity index (χ4v) is 2.98. The summed E-state index contributed by atoms with van der Waals surface area (Å²) in [6.45, 7) is 2.32. The number of carbonyl (C=O) groups excluding carboxylic acids is 2. The highest BCUT2D eigenvalue weighted by Crippen LogP contribution is 2.26. The van der Waals surface area contributed by atoms with Crippen molar-refractivity contribution in [3.8, 4) is 0 Å². The minimum absolute atomic E-state index is 0.174. The molecule has 2 aliphatic rings. The fourth-order valence-electron chi connectivity index (χ4n) is 2.62. The molecule has 0 aliphatic carbocycles. The van der Waals surface area contributed by atoms with Crippen LogP contribution >= 0.6 is 15.9 Å². The summed E-state index contributed by atoms with van der Waals surface area (Å²) < 4.78 is 0.820. The first-order chi connectivity index (χ1) is 9.66. The second-order valence-electron chi connectivity index (χ2n) is 5.02. The van der Waals surface area contributed by atoms with Crippen LogP contribution in [0.3, 0.4) is 0 Å². The maximum Gasteiger partial charge on any atom is 0.261 e. The van der Waals surface area contributed by atoms with Gasteiger partial charge >= 0.3 is 0 Å². The van der Waals surface area contributed by atoms with Crippen LogP contribution < -0.4 is 5.32 Å². The van der Waals surface area contributed by atoms with Gasteiger partial charge in [0.15, 0.2) is 0 Å². The molecule has 0 aromatic heterocycles. The van der Waals surface area contributed by atoms with Crippen LogP contribution in [0.5, 0.6) is 0 Å². The summed E-state index contributed by atoms with van der Waals surface area (Å²) in [5, 5.41) is 3.25. The van der Waals surface area contributed by atoms with Crippen LogP contribution in [0.25, 0.3) is 0 Å². The van der Waals surface area contributed by atoms with Gasteiger partial charge in [0.1, 0.15) is 0 Å². The van der Waals surface area contributed by atoms with E-state index in [9.17, 15) is 9.59 Å². The summed E-state index contributed by atoms with van der Waals surface area (Å²) in [6, 6.07) is 5.23. The second-order valence-corrected chi connectivity index (χ2v) is 5.93. The Balaban J connectivity index is 1.74. The third-order valence-electron chi connectivity index (χ3n) is 3.75. The topological polar surface area (TPSA) is 49.4 Å². The van der Waals surface area contributed by atoms with Crippen LogP contribution in [0, 0.1) is 0 Å². The van der Waals surface area contributed by atoms with E-state index in [1.165, 1.54) is 10.5 Å². The zero-order valence-corrected chi connectivity index (χ0v) is 12.6. The summed E-state index contributed by atoms with van der Waals surface area (Å²) in [6.07, 6.45) is 3.92. The molecule has 104 valence electrons. The van der Waals surface area contributed by atoms with E-state index in [-0.39, 0.29) is 11.8 Å². The quantitative estimate of drug-likeness (QED) is 0.681. The number of nitrogens with zero attached hydrogens (tertiary/aromatic N) is 1. The van der Waals surface area contributed by atoms with Gasteiger partial charge < -0.3 is 5.32 Å². The van der Waals surface area contributed by atoms with Crippen molar-refractivity contribution in [3.63, 3.8) is 0 Å². The molecule has 0 spiro atoms. The monoisotopic (exact) mass is 334 g/mol. The largest absolute Gasteiger partial charge is 0.313 e. The summed E-state index contributed by atoms with van der Waals surface area (Å²) in [4.78, 5) is 25.9. The number of amides is 2.